The van der Waals surface area contributed by atoms with Crippen LogP contribution in [0, 0.1) is 5.92 Å². The predicted octanol–water partition coefficient (Wildman–Crippen LogP) is 2.82. The average molecular weight is 313 g/mol. The van der Waals surface area contributed by atoms with Crippen molar-refractivity contribution in [2.75, 3.05) is 31.6 Å². The van der Waals surface area contributed by atoms with Crippen molar-refractivity contribution in [1.29, 1.82) is 0 Å². The van der Waals surface area contributed by atoms with E-state index < -0.39 is 0 Å². The van der Waals surface area contributed by atoms with E-state index in [1.165, 1.54) is 12.8 Å². The zero-order chi connectivity index (χ0) is 16.1. The molecule has 0 saturated carbocycles. The highest BCUT2D eigenvalue weighted by Crippen LogP contribution is 2.20. The van der Waals surface area contributed by atoms with Crippen molar-refractivity contribution >= 4 is 22.6 Å². The van der Waals surface area contributed by atoms with Crippen LogP contribution in [0.3, 0.4) is 0 Å². The van der Waals surface area contributed by atoms with Crippen molar-refractivity contribution in [1.82, 2.24) is 10.3 Å². The molecule has 0 unspecified atom stereocenters. The van der Waals surface area contributed by atoms with Gasteiger partial charge in [0.25, 0.3) is 0 Å². The van der Waals surface area contributed by atoms with E-state index in [4.69, 9.17) is 4.74 Å². The van der Waals surface area contributed by atoms with Crippen molar-refractivity contribution < 1.29 is 9.53 Å². The Balaban J connectivity index is 1.72. The first kappa shape index (κ1) is 15.7. The zero-order valence-electron chi connectivity index (χ0n) is 13.5. The summed E-state index contributed by atoms with van der Waals surface area (Å²) in [4.78, 5) is 16.2. The molecular weight excluding hydrogens is 290 g/mol. The van der Waals surface area contributed by atoms with Gasteiger partial charge < -0.3 is 15.4 Å². The van der Waals surface area contributed by atoms with Gasteiger partial charge in [-0.05, 0) is 63.0 Å². The molecule has 2 heterocycles. The lowest BCUT2D eigenvalue weighted by atomic mass is 9.98. The highest BCUT2D eigenvalue weighted by Gasteiger charge is 2.13. The average Bonchev–Trinajstić information content (AvgIpc) is 2.60. The first-order valence-corrected chi connectivity index (χ1v) is 8.28. The lowest BCUT2D eigenvalue weighted by Crippen LogP contribution is -2.31. The summed E-state index contributed by atoms with van der Waals surface area (Å²) in [6, 6.07) is 7.91. The van der Waals surface area contributed by atoms with Crippen LogP contribution in [0.2, 0.25) is 0 Å². The van der Waals surface area contributed by atoms with Crippen molar-refractivity contribution in [3.05, 3.63) is 36.0 Å². The van der Waals surface area contributed by atoms with E-state index >= 15 is 0 Å². The Morgan fingerprint density at radius 2 is 2.17 bits per heavy atom. The number of rotatable bonds is 5. The molecular formula is C18H23N3O2. The number of nitrogens with one attached hydrogen (secondary N) is 2. The first-order valence-electron chi connectivity index (χ1n) is 8.28. The van der Waals surface area contributed by atoms with Crippen molar-refractivity contribution in [3.63, 3.8) is 0 Å². The number of esters is 1. The second-order valence-corrected chi connectivity index (χ2v) is 5.93. The molecule has 1 aromatic carbocycles. The molecule has 1 fully saturated rings. The highest BCUT2D eigenvalue weighted by atomic mass is 16.5. The predicted molar refractivity (Wildman–Crippen MR) is 91.8 cm³/mol. The van der Waals surface area contributed by atoms with Crippen molar-refractivity contribution in [2.45, 2.75) is 19.8 Å². The summed E-state index contributed by atoms with van der Waals surface area (Å²) in [6.45, 7) is 5.37. The first-order chi connectivity index (χ1) is 11.3. The van der Waals surface area contributed by atoms with E-state index in [0.717, 1.165) is 42.1 Å². The number of pyridine rings is 1. The maximum Gasteiger partial charge on any atom is 0.339 e. The maximum atomic E-state index is 11.8. The minimum Gasteiger partial charge on any atom is -0.462 e. The lowest BCUT2D eigenvalue weighted by Gasteiger charge is -2.23. The van der Waals surface area contributed by atoms with Gasteiger partial charge in [-0.15, -0.1) is 0 Å². The number of nitrogens with zero attached hydrogens (tertiary/aromatic N) is 1. The van der Waals surface area contributed by atoms with E-state index in [2.05, 4.69) is 15.6 Å². The fourth-order valence-corrected chi connectivity index (χ4v) is 2.92. The normalized spacial score (nSPS) is 15.5. The summed E-state index contributed by atoms with van der Waals surface area (Å²) in [5.74, 6) is 0.394. The number of fused-ring (bicyclic) bond motifs is 1. The van der Waals surface area contributed by atoms with Gasteiger partial charge in [0, 0.05) is 23.8 Å². The number of anilines is 1. The van der Waals surface area contributed by atoms with Crippen LogP contribution in [-0.4, -0.2) is 37.2 Å². The molecule has 23 heavy (non-hydrogen) atoms. The Hall–Kier alpha value is -2.14. The summed E-state index contributed by atoms with van der Waals surface area (Å²) in [6.07, 6.45) is 4.01. The Morgan fingerprint density at radius 3 is 2.96 bits per heavy atom. The van der Waals surface area contributed by atoms with Gasteiger partial charge in [-0.1, -0.05) is 0 Å². The third-order valence-electron chi connectivity index (χ3n) is 4.25. The maximum absolute atomic E-state index is 11.8. The molecule has 3 rings (SSSR count). The minimum atomic E-state index is -0.324. The van der Waals surface area contributed by atoms with Crippen LogP contribution >= 0.6 is 0 Å². The van der Waals surface area contributed by atoms with Crippen molar-refractivity contribution in [2.24, 2.45) is 5.92 Å². The molecule has 0 atom stereocenters. The molecule has 0 bridgehead atoms. The van der Waals surface area contributed by atoms with E-state index in [1.807, 2.05) is 24.3 Å². The third-order valence-corrected chi connectivity index (χ3v) is 4.25. The summed E-state index contributed by atoms with van der Waals surface area (Å²) in [5, 5.41) is 7.84. The molecule has 5 nitrogen and oxygen atoms in total. The van der Waals surface area contributed by atoms with Crippen LogP contribution in [-0.2, 0) is 4.74 Å². The van der Waals surface area contributed by atoms with Gasteiger partial charge in [0.05, 0.1) is 17.7 Å². The van der Waals surface area contributed by atoms with Crippen LogP contribution < -0.4 is 10.6 Å². The molecule has 2 aromatic rings. The Morgan fingerprint density at radius 1 is 1.35 bits per heavy atom. The minimum absolute atomic E-state index is 0.324. The molecule has 2 N–H and O–H groups in total. The van der Waals surface area contributed by atoms with Crippen LogP contribution in [0.25, 0.3) is 10.9 Å². The van der Waals surface area contributed by atoms with E-state index in [9.17, 15) is 4.79 Å². The SMILES string of the molecule is CCOC(=O)c1cnc2ccc(NCC3CCNCC3)cc2c1. The Labute approximate surface area is 136 Å². The Bertz CT molecular complexity index is 681. The molecule has 5 heteroatoms. The topological polar surface area (TPSA) is 63.2 Å². The summed E-state index contributed by atoms with van der Waals surface area (Å²) < 4.78 is 5.03. The summed E-state index contributed by atoms with van der Waals surface area (Å²) in [5.41, 5.74) is 2.44. The Kier molecular flexibility index (Phi) is 5.08. The zero-order valence-corrected chi connectivity index (χ0v) is 13.5. The molecule has 122 valence electrons. The number of carbonyl (C=O) groups excluding carboxylic acids is 1. The van der Waals surface area contributed by atoms with Gasteiger partial charge >= 0.3 is 5.97 Å². The molecule has 1 aliphatic heterocycles. The number of carbonyl (C=O) groups is 1. The fraction of sp³-hybridized carbons (Fsp3) is 0.444. The van der Waals surface area contributed by atoms with Crippen LogP contribution in [0.5, 0.6) is 0 Å². The summed E-state index contributed by atoms with van der Waals surface area (Å²) >= 11 is 0. The van der Waals surface area contributed by atoms with Crippen LogP contribution in [0.1, 0.15) is 30.1 Å². The van der Waals surface area contributed by atoms with Gasteiger partial charge in [0.15, 0.2) is 0 Å². The second kappa shape index (κ2) is 7.42. The van der Waals surface area contributed by atoms with Crippen molar-refractivity contribution in [3.8, 4) is 0 Å². The molecule has 0 aliphatic carbocycles. The highest BCUT2D eigenvalue weighted by molar-refractivity contribution is 5.94. The fourth-order valence-electron chi connectivity index (χ4n) is 2.92. The van der Waals surface area contributed by atoms with Crippen LogP contribution in [0.4, 0.5) is 5.69 Å². The molecule has 0 radical (unpaired) electrons. The molecule has 0 spiro atoms. The largest absolute Gasteiger partial charge is 0.462 e. The van der Waals surface area contributed by atoms with E-state index in [0.29, 0.717) is 12.2 Å². The van der Waals surface area contributed by atoms with E-state index in [-0.39, 0.29) is 5.97 Å². The number of ether oxygens (including phenoxy) is 1. The van der Waals surface area contributed by atoms with Gasteiger partial charge in [-0.25, -0.2) is 4.79 Å². The van der Waals surface area contributed by atoms with Gasteiger partial charge in [-0.3, -0.25) is 4.98 Å². The summed E-state index contributed by atoms with van der Waals surface area (Å²) in [7, 11) is 0. The second-order valence-electron chi connectivity index (χ2n) is 5.93. The number of piperidine rings is 1. The van der Waals surface area contributed by atoms with Gasteiger partial charge in [0.2, 0.25) is 0 Å². The third kappa shape index (κ3) is 3.99. The monoisotopic (exact) mass is 313 g/mol. The van der Waals surface area contributed by atoms with E-state index in [1.54, 1.807) is 13.1 Å². The quantitative estimate of drug-likeness (QED) is 0.831. The van der Waals surface area contributed by atoms with Crippen LogP contribution in [0.15, 0.2) is 30.5 Å². The molecule has 0 amide bonds. The number of hydrogen-bond acceptors (Lipinski definition) is 5. The number of benzene rings is 1. The molecule has 1 saturated heterocycles. The number of hydrogen-bond donors (Lipinski definition) is 2. The molecule has 1 aliphatic rings. The number of aromatic nitrogens is 1. The smallest absolute Gasteiger partial charge is 0.339 e. The van der Waals surface area contributed by atoms with Gasteiger partial charge in [-0.2, -0.15) is 0 Å². The lowest BCUT2D eigenvalue weighted by molar-refractivity contribution is 0.0526. The molecule has 1 aromatic heterocycles. The van der Waals surface area contributed by atoms with Gasteiger partial charge in [0.1, 0.15) is 0 Å². The standard InChI is InChI=1S/C18H23N3O2/c1-2-23-18(22)15-9-14-10-16(3-4-17(14)21-12-15)20-11-13-5-7-19-8-6-13/h3-4,9-10,12-13,19-20H,2,5-8,11H2,1H3.